The normalized spacial score (nSPS) is 13.0. The van der Waals surface area contributed by atoms with Crippen molar-refractivity contribution in [2.24, 2.45) is 0 Å². The van der Waals surface area contributed by atoms with E-state index in [2.05, 4.69) is 13.8 Å². The van der Waals surface area contributed by atoms with Gasteiger partial charge in [-0.05, 0) is 32.1 Å². The summed E-state index contributed by atoms with van der Waals surface area (Å²) >= 11 is 0. The standard InChI is InChI=1S/C28H54O4/c1-5-8-10-11-12-13-14-15-16-17-18-19-20-22-24-27(31-25(4)29)28(30)32-26(7-3)23-21-9-6-2/h26-27H,5-24H2,1-4H3. The van der Waals surface area contributed by atoms with E-state index in [0.29, 0.717) is 6.42 Å². The number of hydrogen-bond donors (Lipinski definition) is 0. The van der Waals surface area contributed by atoms with Gasteiger partial charge in [0.2, 0.25) is 0 Å². The Hall–Kier alpha value is -1.06. The maximum Gasteiger partial charge on any atom is 0.347 e. The molecule has 0 aromatic heterocycles. The van der Waals surface area contributed by atoms with Gasteiger partial charge in [0.25, 0.3) is 0 Å². The van der Waals surface area contributed by atoms with Gasteiger partial charge in [0.05, 0.1) is 0 Å². The molecule has 4 nitrogen and oxygen atoms in total. The summed E-state index contributed by atoms with van der Waals surface area (Å²) in [6, 6.07) is 0. The molecule has 0 aromatic carbocycles. The first-order valence-electron chi connectivity index (χ1n) is 13.9. The zero-order chi connectivity index (χ0) is 23.9. The third-order valence-corrected chi connectivity index (χ3v) is 6.26. The molecular formula is C28H54O4. The van der Waals surface area contributed by atoms with E-state index in [-0.39, 0.29) is 12.1 Å². The van der Waals surface area contributed by atoms with E-state index in [1.165, 1.54) is 84.0 Å². The highest BCUT2D eigenvalue weighted by Gasteiger charge is 2.25. The number of rotatable bonds is 23. The molecule has 0 fully saturated rings. The van der Waals surface area contributed by atoms with Gasteiger partial charge in [0.15, 0.2) is 6.10 Å². The van der Waals surface area contributed by atoms with Crippen LogP contribution in [0.1, 0.15) is 156 Å². The van der Waals surface area contributed by atoms with E-state index in [0.717, 1.165) is 44.9 Å². The molecule has 32 heavy (non-hydrogen) atoms. The molecule has 0 heterocycles. The molecule has 0 saturated carbocycles. The van der Waals surface area contributed by atoms with Crippen LogP contribution >= 0.6 is 0 Å². The minimum Gasteiger partial charge on any atom is -0.460 e. The Morgan fingerprint density at radius 3 is 1.41 bits per heavy atom. The van der Waals surface area contributed by atoms with Gasteiger partial charge in [-0.3, -0.25) is 4.79 Å². The monoisotopic (exact) mass is 454 g/mol. The molecule has 0 aliphatic carbocycles. The molecule has 0 aromatic rings. The first-order chi connectivity index (χ1) is 15.5. The van der Waals surface area contributed by atoms with Crippen molar-refractivity contribution in [3.8, 4) is 0 Å². The van der Waals surface area contributed by atoms with Gasteiger partial charge in [-0.2, -0.15) is 0 Å². The van der Waals surface area contributed by atoms with Gasteiger partial charge >= 0.3 is 11.9 Å². The van der Waals surface area contributed by atoms with E-state index in [4.69, 9.17) is 9.47 Å². The zero-order valence-corrected chi connectivity index (χ0v) is 21.9. The lowest BCUT2D eigenvalue weighted by molar-refractivity contribution is -0.171. The maximum absolute atomic E-state index is 12.5. The maximum atomic E-state index is 12.5. The molecule has 190 valence electrons. The SMILES string of the molecule is CCCCCCCCCCCCCCCCC(OC(C)=O)C(=O)OC(CC)CCCCC. The summed E-state index contributed by atoms with van der Waals surface area (Å²) in [5, 5.41) is 0. The van der Waals surface area contributed by atoms with Crippen LogP contribution in [0.5, 0.6) is 0 Å². The molecule has 2 unspecified atom stereocenters. The quantitative estimate of drug-likeness (QED) is 0.114. The lowest BCUT2D eigenvalue weighted by atomic mass is 10.0. The second-order valence-electron chi connectivity index (χ2n) is 9.45. The summed E-state index contributed by atoms with van der Waals surface area (Å²) in [6.45, 7) is 7.84. The van der Waals surface area contributed by atoms with E-state index >= 15 is 0 Å². The first-order valence-corrected chi connectivity index (χ1v) is 13.9. The van der Waals surface area contributed by atoms with Gasteiger partial charge in [-0.25, -0.2) is 4.79 Å². The summed E-state index contributed by atoms with van der Waals surface area (Å²) in [5.74, 6) is -0.769. The lowest BCUT2D eigenvalue weighted by Gasteiger charge is -2.21. The molecule has 0 bridgehead atoms. The number of ether oxygens (including phenoxy) is 2. The van der Waals surface area contributed by atoms with Crippen molar-refractivity contribution in [1.29, 1.82) is 0 Å². The molecule has 0 saturated heterocycles. The highest BCUT2D eigenvalue weighted by atomic mass is 16.6. The molecule has 0 amide bonds. The van der Waals surface area contributed by atoms with Crippen molar-refractivity contribution in [2.45, 2.75) is 168 Å². The Labute approximate surface area is 199 Å². The average Bonchev–Trinajstić information content (AvgIpc) is 2.77. The van der Waals surface area contributed by atoms with Crippen LogP contribution < -0.4 is 0 Å². The van der Waals surface area contributed by atoms with E-state index < -0.39 is 12.1 Å². The highest BCUT2D eigenvalue weighted by molar-refractivity contribution is 5.78. The Balaban J connectivity index is 3.88. The van der Waals surface area contributed by atoms with E-state index in [1.54, 1.807) is 0 Å². The average molecular weight is 455 g/mol. The van der Waals surface area contributed by atoms with Crippen molar-refractivity contribution < 1.29 is 19.1 Å². The molecular weight excluding hydrogens is 400 g/mol. The second-order valence-corrected chi connectivity index (χ2v) is 9.45. The molecule has 0 aliphatic heterocycles. The predicted molar refractivity (Wildman–Crippen MR) is 135 cm³/mol. The molecule has 2 atom stereocenters. The minimum atomic E-state index is -0.745. The van der Waals surface area contributed by atoms with Crippen LogP contribution in [-0.4, -0.2) is 24.1 Å². The summed E-state index contributed by atoms with van der Waals surface area (Å²) in [5.41, 5.74) is 0. The zero-order valence-electron chi connectivity index (χ0n) is 21.9. The lowest BCUT2D eigenvalue weighted by Crippen LogP contribution is -2.31. The molecule has 0 spiro atoms. The van der Waals surface area contributed by atoms with Crippen LogP contribution in [0.2, 0.25) is 0 Å². The molecule has 0 radical (unpaired) electrons. The summed E-state index contributed by atoms with van der Waals surface area (Å²) in [7, 11) is 0. The van der Waals surface area contributed by atoms with Gasteiger partial charge in [-0.15, -0.1) is 0 Å². The topological polar surface area (TPSA) is 52.6 Å². The Bertz CT molecular complexity index is 435. The molecule has 0 aliphatic rings. The molecule has 0 rings (SSSR count). The summed E-state index contributed by atoms with van der Waals surface area (Å²) in [6.07, 6.45) is 23.0. The largest absolute Gasteiger partial charge is 0.460 e. The summed E-state index contributed by atoms with van der Waals surface area (Å²) < 4.78 is 10.9. The Morgan fingerprint density at radius 2 is 0.969 bits per heavy atom. The van der Waals surface area contributed by atoms with Crippen LogP contribution in [0.15, 0.2) is 0 Å². The van der Waals surface area contributed by atoms with Crippen LogP contribution in [0.3, 0.4) is 0 Å². The molecule has 4 heteroatoms. The van der Waals surface area contributed by atoms with Crippen molar-refractivity contribution in [2.75, 3.05) is 0 Å². The minimum absolute atomic E-state index is 0.0663. The third-order valence-electron chi connectivity index (χ3n) is 6.26. The fourth-order valence-electron chi connectivity index (χ4n) is 4.16. The Morgan fingerprint density at radius 1 is 0.562 bits per heavy atom. The Kier molecular flexibility index (Phi) is 22.3. The van der Waals surface area contributed by atoms with Crippen LogP contribution in [0, 0.1) is 0 Å². The van der Waals surface area contributed by atoms with Crippen molar-refractivity contribution in [1.82, 2.24) is 0 Å². The number of hydrogen-bond acceptors (Lipinski definition) is 4. The fraction of sp³-hybridized carbons (Fsp3) is 0.929. The van der Waals surface area contributed by atoms with Gasteiger partial charge in [0.1, 0.15) is 6.10 Å². The predicted octanol–water partition coefficient (Wildman–Crippen LogP) is 8.69. The smallest absolute Gasteiger partial charge is 0.347 e. The van der Waals surface area contributed by atoms with Crippen LogP contribution in [0.25, 0.3) is 0 Å². The van der Waals surface area contributed by atoms with Crippen molar-refractivity contribution >= 4 is 11.9 Å². The van der Waals surface area contributed by atoms with Gasteiger partial charge in [0, 0.05) is 6.92 Å². The first kappa shape index (κ1) is 30.9. The second kappa shape index (κ2) is 23.1. The van der Waals surface area contributed by atoms with Crippen LogP contribution in [0.4, 0.5) is 0 Å². The van der Waals surface area contributed by atoms with Crippen molar-refractivity contribution in [3.63, 3.8) is 0 Å². The number of unbranched alkanes of at least 4 members (excludes halogenated alkanes) is 15. The number of esters is 2. The van der Waals surface area contributed by atoms with Gasteiger partial charge < -0.3 is 9.47 Å². The highest BCUT2D eigenvalue weighted by Crippen LogP contribution is 2.17. The van der Waals surface area contributed by atoms with Crippen LogP contribution in [-0.2, 0) is 19.1 Å². The van der Waals surface area contributed by atoms with Gasteiger partial charge in [-0.1, -0.05) is 117 Å². The molecule has 0 N–H and O–H groups in total. The van der Waals surface area contributed by atoms with E-state index in [1.807, 2.05) is 6.92 Å². The van der Waals surface area contributed by atoms with Crippen molar-refractivity contribution in [3.05, 3.63) is 0 Å². The number of carbonyl (C=O) groups excluding carboxylic acids is 2. The fourth-order valence-corrected chi connectivity index (χ4v) is 4.16. The number of carbonyl (C=O) groups is 2. The van der Waals surface area contributed by atoms with E-state index in [9.17, 15) is 9.59 Å². The summed E-state index contributed by atoms with van der Waals surface area (Å²) in [4.78, 5) is 24.0. The third kappa shape index (κ3) is 19.6.